The first-order valence-electron chi connectivity index (χ1n) is 6.74. The second kappa shape index (κ2) is 6.45. The van der Waals surface area contributed by atoms with Crippen molar-refractivity contribution in [2.24, 2.45) is 0 Å². The van der Waals surface area contributed by atoms with Crippen molar-refractivity contribution in [2.45, 2.75) is 32.7 Å². The first-order valence-corrected chi connectivity index (χ1v) is 7.55. The highest BCUT2D eigenvalue weighted by Gasteiger charge is 2.20. The molecule has 1 aliphatic heterocycles. The number of hydrogen-bond acceptors (Lipinski definition) is 5. The molecule has 1 fully saturated rings. The fourth-order valence-corrected chi connectivity index (χ4v) is 3.34. The molecule has 0 atom stereocenters. The molecule has 6 heteroatoms. The van der Waals surface area contributed by atoms with Gasteiger partial charge in [-0.25, -0.2) is 9.78 Å². The van der Waals surface area contributed by atoms with Crippen molar-refractivity contribution < 1.29 is 9.90 Å². The van der Waals surface area contributed by atoms with Crippen LogP contribution in [0.4, 0.5) is 0 Å². The lowest BCUT2D eigenvalue weighted by molar-refractivity contribution is 0.0700. The monoisotopic (exact) mass is 283 g/mol. The molecule has 0 spiro atoms. The number of thiazole rings is 1. The van der Waals surface area contributed by atoms with Crippen LogP contribution in [0.15, 0.2) is 0 Å². The Morgan fingerprint density at radius 2 is 2.26 bits per heavy atom. The van der Waals surface area contributed by atoms with Crippen LogP contribution in [0.25, 0.3) is 0 Å². The number of aromatic carboxylic acids is 1. The first kappa shape index (κ1) is 14.4. The fourth-order valence-electron chi connectivity index (χ4n) is 2.24. The highest BCUT2D eigenvalue weighted by atomic mass is 32.1. The standard InChI is InChI=1S/C13H21N3O2S/c1-9(2)11-12(13(17)18)19-10(15-11)8-16-6-3-4-14-5-7-16/h9,14H,3-8H2,1-2H3,(H,17,18). The zero-order chi connectivity index (χ0) is 13.8. The third kappa shape index (κ3) is 3.75. The van der Waals surface area contributed by atoms with Crippen LogP contribution >= 0.6 is 11.3 Å². The summed E-state index contributed by atoms with van der Waals surface area (Å²) in [4.78, 5) is 18.5. The van der Waals surface area contributed by atoms with Crippen LogP contribution in [0.2, 0.25) is 0 Å². The van der Waals surface area contributed by atoms with Crippen LogP contribution in [0, 0.1) is 0 Å². The lowest BCUT2D eigenvalue weighted by Crippen LogP contribution is -2.27. The van der Waals surface area contributed by atoms with E-state index >= 15 is 0 Å². The molecular weight excluding hydrogens is 262 g/mol. The lowest BCUT2D eigenvalue weighted by atomic mass is 10.1. The van der Waals surface area contributed by atoms with E-state index in [4.69, 9.17) is 0 Å². The molecule has 1 saturated heterocycles. The molecule has 0 amide bonds. The van der Waals surface area contributed by atoms with Gasteiger partial charge in [-0.3, -0.25) is 4.90 Å². The summed E-state index contributed by atoms with van der Waals surface area (Å²) < 4.78 is 0. The Hall–Kier alpha value is -0.980. The van der Waals surface area contributed by atoms with Crippen LogP contribution in [0.3, 0.4) is 0 Å². The second-order valence-electron chi connectivity index (χ2n) is 5.16. The van der Waals surface area contributed by atoms with E-state index in [0.29, 0.717) is 4.88 Å². The molecule has 0 aliphatic carbocycles. The third-order valence-corrected chi connectivity index (χ3v) is 4.27. The van der Waals surface area contributed by atoms with Gasteiger partial charge in [0, 0.05) is 13.1 Å². The van der Waals surface area contributed by atoms with E-state index in [0.717, 1.165) is 49.8 Å². The Morgan fingerprint density at radius 1 is 1.47 bits per heavy atom. The molecular formula is C13H21N3O2S. The van der Waals surface area contributed by atoms with E-state index in [1.807, 2.05) is 13.8 Å². The first-order chi connectivity index (χ1) is 9.08. The summed E-state index contributed by atoms with van der Waals surface area (Å²) in [7, 11) is 0. The summed E-state index contributed by atoms with van der Waals surface area (Å²) in [5.41, 5.74) is 0.723. The largest absolute Gasteiger partial charge is 0.477 e. The minimum atomic E-state index is -0.856. The molecule has 2 rings (SSSR count). The van der Waals surface area contributed by atoms with Crippen LogP contribution in [-0.2, 0) is 6.54 Å². The highest BCUT2D eigenvalue weighted by Crippen LogP contribution is 2.26. The number of rotatable bonds is 4. The molecule has 19 heavy (non-hydrogen) atoms. The van der Waals surface area contributed by atoms with Gasteiger partial charge in [0.2, 0.25) is 0 Å². The number of carboxylic acid groups (broad SMARTS) is 1. The van der Waals surface area contributed by atoms with Gasteiger partial charge in [-0.05, 0) is 25.4 Å². The molecule has 5 nitrogen and oxygen atoms in total. The Kier molecular flexibility index (Phi) is 4.90. The van der Waals surface area contributed by atoms with Crippen molar-refractivity contribution in [1.29, 1.82) is 0 Å². The van der Waals surface area contributed by atoms with Crippen LogP contribution in [-0.4, -0.2) is 47.1 Å². The molecule has 0 radical (unpaired) electrons. The minimum absolute atomic E-state index is 0.155. The molecule has 1 aromatic rings. The molecule has 1 aromatic heterocycles. The highest BCUT2D eigenvalue weighted by molar-refractivity contribution is 7.13. The van der Waals surface area contributed by atoms with E-state index in [9.17, 15) is 9.90 Å². The smallest absolute Gasteiger partial charge is 0.347 e. The number of carboxylic acids is 1. The van der Waals surface area contributed by atoms with Crippen LogP contribution in [0.5, 0.6) is 0 Å². The Morgan fingerprint density at radius 3 is 2.89 bits per heavy atom. The van der Waals surface area contributed by atoms with E-state index in [-0.39, 0.29) is 5.92 Å². The Balaban J connectivity index is 2.11. The summed E-state index contributed by atoms with van der Waals surface area (Å²) >= 11 is 1.32. The zero-order valence-corrected chi connectivity index (χ0v) is 12.3. The van der Waals surface area contributed by atoms with Gasteiger partial charge in [-0.15, -0.1) is 11.3 Å². The third-order valence-electron chi connectivity index (χ3n) is 3.23. The maximum Gasteiger partial charge on any atom is 0.347 e. The molecule has 2 N–H and O–H groups in total. The normalized spacial score (nSPS) is 17.6. The number of nitrogens with one attached hydrogen (secondary N) is 1. The van der Waals surface area contributed by atoms with E-state index < -0.39 is 5.97 Å². The predicted molar refractivity (Wildman–Crippen MR) is 75.9 cm³/mol. The van der Waals surface area contributed by atoms with Gasteiger partial charge in [0.25, 0.3) is 0 Å². The van der Waals surface area contributed by atoms with Gasteiger partial charge in [0.05, 0.1) is 12.2 Å². The second-order valence-corrected chi connectivity index (χ2v) is 6.25. The van der Waals surface area contributed by atoms with Crippen LogP contribution in [0.1, 0.15) is 46.6 Å². The quantitative estimate of drug-likeness (QED) is 0.881. The van der Waals surface area contributed by atoms with Crippen molar-refractivity contribution in [3.05, 3.63) is 15.6 Å². The summed E-state index contributed by atoms with van der Waals surface area (Å²) in [5.74, 6) is -0.702. The molecule has 0 aromatic carbocycles. The molecule has 0 saturated carbocycles. The molecule has 1 aliphatic rings. The summed E-state index contributed by atoms with van der Waals surface area (Å²) in [6.45, 7) is 8.84. The lowest BCUT2D eigenvalue weighted by Gasteiger charge is -2.17. The van der Waals surface area contributed by atoms with Gasteiger partial charge < -0.3 is 10.4 Å². The Labute approximate surface area is 117 Å². The predicted octanol–water partition coefficient (Wildman–Crippen LogP) is 1.76. The Bertz CT molecular complexity index is 437. The molecule has 0 bridgehead atoms. The van der Waals surface area contributed by atoms with Crippen molar-refractivity contribution >= 4 is 17.3 Å². The number of nitrogens with zero attached hydrogens (tertiary/aromatic N) is 2. The number of hydrogen-bond donors (Lipinski definition) is 2. The van der Waals surface area contributed by atoms with E-state index in [2.05, 4.69) is 15.2 Å². The van der Waals surface area contributed by atoms with Crippen LogP contribution < -0.4 is 5.32 Å². The zero-order valence-electron chi connectivity index (χ0n) is 11.5. The van der Waals surface area contributed by atoms with E-state index in [1.54, 1.807) is 0 Å². The van der Waals surface area contributed by atoms with Gasteiger partial charge in [0.15, 0.2) is 0 Å². The minimum Gasteiger partial charge on any atom is -0.477 e. The van der Waals surface area contributed by atoms with Gasteiger partial charge >= 0.3 is 5.97 Å². The number of carbonyl (C=O) groups is 1. The van der Waals surface area contributed by atoms with Crippen molar-refractivity contribution in [3.8, 4) is 0 Å². The maximum absolute atomic E-state index is 11.2. The SMILES string of the molecule is CC(C)c1nc(CN2CCCNCC2)sc1C(=O)O. The summed E-state index contributed by atoms with van der Waals surface area (Å²) in [6, 6.07) is 0. The fraction of sp³-hybridized carbons (Fsp3) is 0.692. The molecule has 2 heterocycles. The van der Waals surface area contributed by atoms with Gasteiger partial charge in [-0.2, -0.15) is 0 Å². The van der Waals surface area contributed by atoms with Crippen molar-refractivity contribution in [2.75, 3.05) is 26.2 Å². The van der Waals surface area contributed by atoms with Crippen molar-refractivity contribution in [3.63, 3.8) is 0 Å². The maximum atomic E-state index is 11.2. The van der Waals surface area contributed by atoms with Gasteiger partial charge in [-0.1, -0.05) is 13.8 Å². The average Bonchev–Trinajstić information content (AvgIpc) is 2.60. The summed E-state index contributed by atoms with van der Waals surface area (Å²) in [5, 5.41) is 13.5. The van der Waals surface area contributed by atoms with Crippen molar-refractivity contribution in [1.82, 2.24) is 15.2 Å². The van der Waals surface area contributed by atoms with E-state index in [1.165, 1.54) is 11.3 Å². The molecule has 106 valence electrons. The summed E-state index contributed by atoms with van der Waals surface area (Å²) in [6.07, 6.45) is 1.13. The molecule has 0 unspecified atom stereocenters. The topological polar surface area (TPSA) is 65.5 Å². The number of aromatic nitrogens is 1. The average molecular weight is 283 g/mol. The van der Waals surface area contributed by atoms with Gasteiger partial charge in [0.1, 0.15) is 9.88 Å².